The van der Waals surface area contributed by atoms with Gasteiger partial charge >= 0.3 is 29.8 Å². The van der Waals surface area contributed by atoms with Crippen LogP contribution in [0.1, 0.15) is 34.6 Å². The van der Waals surface area contributed by atoms with Crippen LogP contribution in [0.5, 0.6) is 0 Å². The van der Waals surface area contributed by atoms with Crippen LogP contribution in [-0.2, 0) is 61.9 Å². The summed E-state index contributed by atoms with van der Waals surface area (Å²) in [4.78, 5) is 63.5. The Labute approximate surface area is 277 Å². The first-order valence-electron chi connectivity index (χ1n) is 14.5. The van der Waals surface area contributed by atoms with E-state index in [9.17, 15) is 39.3 Å². The van der Waals surface area contributed by atoms with Crippen LogP contribution in [0.15, 0.2) is 60.8 Å². The van der Waals surface area contributed by atoms with Crippen molar-refractivity contribution in [1.82, 2.24) is 0 Å². The fourth-order valence-corrected chi connectivity index (χ4v) is 4.21. The second-order valence-corrected chi connectivity index (χ2v) is 11.3. The molecular weight excluding hydrogens is 640 g/mol. The van der Waals surface area contributed by atoms with E-state index in [0.717, 1.165) is 0 Å². The summed E-state index contributed by atoms with van der Waals surface area (Å²) < 4.78 is 44.9. The van der Waals surface area contributed by atoms with Gasteiger partial charge in [0.05, 0.1) is 13.2 Å². The summed E-state index contributed by atoms with van der Waals surface area (Å²) in [6, 6.07) is 0. The van der Waals surface area contributed by atoms with Gasteiger partial charge in [-0.25, -0.2) is 24.0 Å². The summed E-state index contributed by atoms with van der Waals surface area (Å²) in [7, 11) is 0. The maximum Gasteiger partial charge on any atom is 0.335 e. The summed E-state index contributed by atoms with van der Waals surface area (Å²) in [5.74, 6) is -5.12. The van der Waals surface area contributed by atoms with E-state index in [0.29, 0.717) is 0 Å². The molecule has 0 aromatic carbocycles. The van der Waals surface area contributed by atoms with Crippen molar-refractivity contribution in [3.05, 3.63) is 60.8 Å². The normalized spacial score (nSPS) is 29.8. The third-order valence-electron chi connectivity index (χ3n) is 6.80. The lowest BCUT2D eigenvalue weighted by atomic mass is 9.96. The fourth-order valence-electron chi connectivity index (χ4n) is 4.21. The Morgan fingerprint density at radius 1 is 0.500 bits per heavy atom. The topological polar surface area (TPSA) is 220 Å². The Hall–Kier alpha value is -4.19. The van der Waals surface area contributed by atoms with Gasteiger partial charge < -0.3 is 53.2 Å². The monoisotopic (exact) mass is 682 g/mol. The van der Waals surface area contributed by atoms with Crippen LogP contribution in [0.2, 0.25) is 0 Å². The minimum absolute atomic E-state index is 0.0836. The lowest BCUT2D eigenvalue weighted by Gasteiger charge is -2.48. The second kappa shape index (κ2) is 17.3. The highest BCUT2D eigenvalue weighted by Crippen LogP contribution is 2.35. The number of carbonyl (C=O) groups excluding carboxylic acids is 5. The molecule has 0 amide bonds. The maximum atomic E-state index is 12.9. The van der Waals surface area contributed by atoms with Crippen molar-refractivity contribution >= 4 is 29.8 Å². The van der Waals surface area contributed by atoms with Crippen molar-refractivity contribution < 1.29 is 77.2 Å². The van der Waals surface area contributed by atoms with Crippen molar-refractivity contribution in [2.24, 2.45) is 0 Å². The Morgan fingerprint density at radius 3 is 1.23 bits per heavy atom. The maximum absolute atomic E-state index is 12.9. The van der Waals surface area contributed by atoms with Gasteiger partial charge in [0.15, 0.2) is 24.6 Å². The first-order valence-corrected chi connectivity index (χ1v) is 14.5. The molecule has 2 aliphatic rings. The molecule has 0 spiro atoms. The number of carbonyl (C=O) groups is 5. The third kappa shape index (κ3) is 9.91. The van der Waals surface area contributed by atoms with Crippen molar-refractivity contribution in [3.8, 4) is 0 Å². The molecule has 0 radical (unpaired) electrons. The number of ether oxygens (including phenoxy) is 8. The van der Waals surface area contributed by atoms with E-state index < -0.39 is 104 Å². The molecule has 16 nitrogen and oxygen atoms in total. The second-order valence-electron chi connectivity index (χ2n) is 11.3. The van der Waals surface area contributed by atoms with Gasteiger partial charge in [0.1, 0.15) is 24.4 Å². The largest absolute Gasteiger partial charge is 0.452 e. The smallest absolute Gasteiger partial charge is 0.335 e. The number of hydrogen-bond acceptors (Lipinski definition) is 16. The standard InChI is InChI=1S/C32H42O16/c1-13(2)26(36)43-22-20(35)18(11-33)41-31(24(22)45-28(38)15(5)6)47-21-19(12-34)42-32(48-30(40)17(9)10)25(46-29(39)16(7)8)23(21)44-27(37)14(3)4/h18-25,31-35H,1,3,5,7,9,11-12H2,2,4,6,8,10H3/t18-,19-,20-,21-,22+,23+,24-,25-,31-,32+/m1/s1. The molecule has 0 aromatic rings. The molecule has 48 heavy (non-hydrogen) atoms. The Bertz CT molecular complexity index is 1330. The molecule has 2 saturated heterocycles. The lowest BCUT2D eigenvalue weighted by molar-refractivity contribution is -0.356. The van der Waals surface area contributed by atoms with Crippen LogP contribution in [0.25, 0.3) is 0 Å². The van der Waals surface area contributed by atoms with Gasteiger partial charge in [-0.15, -0.1) is 0 Å². The first kappa shape index (κ1) is 40.0. The molecule has 266 valence electrons. The molecule has 0 bridgehead atoms. The Balaban J connectivity index is 2.74. The van der Waals surface area contributed by atoms with E-state index in [1.807, 2.05) is 0 Å². The zero-order valence-corrected chi connectivity index (χ0v) is 27.4. The molecule has 0 aliphatic carbocycles. The number of rotatable bonds is 14. The van der Waals surface area contributed by atoms with Crippen molar-refractivity contribution in [3.63, 3.8) is 0 Å². The van der Waals surface area contributed by atoms with Crippen molar-refractivity contribution in [2.45, 2.75) is 96.0 Å². The van der Waals surface area contributed by atoms with Crippen LogP contribution in [-0.4, -0.2) is 120 Å². The van der Waals surface area contributed by atoms with E-state index in [1.54, 1.807) is 0 Å². The summed E-state index contributed by atoms with van der Waals surface area (Å²) >= 11 is 0. The number of hydrogen-bond donors (Lipinski definition) is 3. The molecule has 3 N–H and O–H groups in total. The minimum atomic E-state index is -1.88. The van der Waals surface area contributed by atoms with Gasteiger partial charge in [-0.3, -0.25) is 0 Å². The molecule has 0 aromatic heterocycles. The molecule has 2 rings (SSSR count). The van der Waals surface area contributed by atoms with Gasteiger partial charge in [0, 0.05) is 27.9 Å². The van der Waals surface area contributed by atoms with E-state index >= 15 is 0 Å². The van der Waals surface area contributed by atoms with Gasteiger partial charge in [0.25, 0.3) is 0 Å². The SMILES string of the molecule is C=C(C)C(=O)O[C@@H]1O[C@H](CO)[C@@H](O[C@H]2O[C@H](CO)[C@@H](O)[C@H](OC(=O)C(=C)C)[C@H]2OC(=O)C(=C)C)[C@H](OC(=O)C(=C)C)[C@H]1OC(=O)C(=C)C. The van der Waals surface area contributed by atoms with Gasteiger partial charge in [-0.05, 0) is 34.6 Å². The molecule has 0 unspecified atom stereocenters. The highest BCUT2D eigenvalue weighted by atomic mass is 16.8. The molecular formula is C32H42O16. The predicted octanol–water partition coefficient (Wildman–Crippen LogP) is 0.238. The predicted molar refractivity (Wildman–Crippen MR) is 162 cm³/mol. The Morgan fingerprint density at radius 2 is 0.833 bits per heavy atom. The van der Waals surface area contributed by atoms with E-state index in [-0.39, 0.29) is 27.9 Å². The number of aliphatic hydroxyl groups is 3. The van der Waals surface area contributed by atoms with Crippen LogP contribution in [0.4, 0.5) is 0 Å². The third-order valence-corrected chi connectivity index (χ3v) is 6.80. The lowest BCUT2D eigenvalue weighted by Crippen LogP contribution is -2.67. The van der Waals surface area contributed by atoms with Crippen LogP contribution < -0.4 is 0 Å². The fraction of sp³-hybridized carbons (Fsp3) is 0.531. The van der Waals surface area contributed by atoms with Gasteiger partial charge in [-0.2, -0.15) is 0 Å². The molecule has 10 atom stereocenters. The van der Waals surface area contributed by atoms with Crippen LogP contribution >= 0.6 is 0 Å². The highest BCUT2D eigenvalue weighted by molar-refractivity contribution is 5.89. The summed E-state index contributed by atoms with van der Waals surface area (Å²) in [5, 5.41) is 31.4. The molecule has 0 saturated carbocycles. The zero-order chi connectivity index (χ0) is 36.6. The molecule has 16 heteroatoms. The number of aliphatic hydroxyl groups excluding tert-OH is 3. The highest BCUT2D eigenvalue weighted by Gasteiger charge is 2.57. The van der Waals surface area contributed by atoms with E-state index in [1.165, 1.54) is 34.6 Å². The molecule has 2 heterocycles. The van der Waals surface area contributed by atoms with Crippen LogP contribution in [0, 0.1) is 0 Å². The number of esters is 5. The summed E-state index contributed by atoms with van der Waals surface area (Å²) in [5.41, 5.74) is -0.537. The Kier molecular flexibility index (Phi) is 14.4. The average molecular weight is 683 g/mol. The molecule has 2 fully saturated rings. The average Bonchev–Trinajstić information content (AvgIpc) is 3.01. The zero-order valence-electron chi connectivity index (χ0n) is 27.4. The van der Waals surface area contributed by atoms with E-state index in [4.69, 9.17) is 37.9 Å². The quantitative estimate of drug-likeness (QED) is 0.127. The van der Waals surface area contributed by atoms with E-state index in [2.05, 4.69) is 32.9 Å². The summed E-state index contributed by atoms with van der Waals surface area (Å²) in [6.45, 7) is 22.3. The van der Waals surface area contributed by atoms with Gasteiger partial charge in [-0.1, -0.05) is 32.9 Å². The minimum Gasteiger partial charge on any atom is -0.452 e. The van der Waals surface area contributed by atoms with Crippen molar-refractivity contribution in [2.75, 3.05) is 13.2 Å². The van der Waals surface area contributed by atoms with Crippen LogP contribution in [0.3, 0.4) is 0 Å². The molecule has 2 aliphatic heterocycles. The summed E-state index contributed by atoms with van der Waals surface area (Å²) in [6.07, 6.45) is -17.4. The first-order chi connectivity index (χ1) is 22.3. The van der Waals surface area contributed by atoms with Gasteiger partial charge in [0.2, 0.25) is 12.4 Å². The van der Waals surface area contributed by atoms with Crippen molar-refractivity contribution in [1.29, 1.82) is 0 Å².